The van der Waals surface area contributed by atoms with E-state index in [1.54, 1.807) is 0 Å². The molecule has 0 spiro atoms. The Morgan fingerprint density at radius 1 is 0.968 bits per heavy atom. The fourth-order valence-electron chi connectivity index (χ4n) is 3.57. The van der Waals surface area contributed by atoms with Crippen LogP contribution in [0, 0.1) is 5.92 Å². The highest BCUT2D eigenvalue weighted by molar-refractivity contribution is 5.89. The Morgan fingerprint density at radius 3 is 2.42 bits per heavy atom. The third-order valence-electron chi connectivity index (χ3n) is 5.27. The van der Waals surface area contributed by atoms with Gasteiger partial charge in [-0.15, -0.1) is 0 Å². The predicted molar refractivity (Wildman–Crippen MR) is 119 cm³/mol. The third-order valence-corrected chi connectivity index (χ3v) is 5.27. The van der Waals surface area contributed by atoms with Crippen LogP contribution in [0.15, 0.2) is 54.6 Å². The fraction of sp³-hybridized carbons (Fsp3) is 0.348. The van der Waals surface area contributed by atoms with Gasteiger partial charge in [-0.2, -0.15) is 0 Å². The van der Waals surface area contributed by atoms with Gasteiger partial charge >= 0.3 is 12.0 Å². The van der Waals surface area contributed by atoms with Crippen molar-refractivity contribution in [1.82, 2.24) is 10.6 Å². The molecular formula is C23H28N4O4. The lowest BCUT2D eigenvalue weighted by Gasteiger charge is -2.33. The van der Waals surface area contributed by atoms with Crippen molar-refractivity contribution in [2.45, 2.75) is 25.8 Å². The maximum absolute atomic E-state index is 12.2. The number of carbonyl (C=O) groups is 3. The number of nitrogens with one attached hydrogen (secondary N) is 3. The van der Waals surface area contributed by atoms with Crippen LogP contribution in [0.2, 0.25) is 0 Å². The fourth-order valence-corrected chi connectivity index (χ4v) is 3.57. The zero-order valence-corrected chi connectivity index (χ0v) is 17.3. The molecule has 0 radical (unpaired) electrons. The SMILES string of the molecule is O=C(O)CCNC(=O)C1CCN(c2cccc(NC(=O)NCc3ccccc3)c2)CC1. The molecule has 1 aliphatic rings. The molecule has 1 fully saturated rings. The summed E-state index contributed by atoms with van der Waals surface area (Å²) in [5.41, 5.74) is 2.73. The monoisotopic (exact) mass is 424 g/mol. The van der Waals surface area contributed by atoms with Crippen molar-refractivity contribution in [3.8, 4) is 0 Å². The molecule has 3 amide bonds. The molecule has 2 aromatic rings. The number of hydrogen-bond acceptors (Lipinski definition) is 4. The van der Waals surface area contributed by atoms with Crippen molar-refractivity contribution in [3.63, 3.8) is 0 Å². The highest BCUT2D eigenvalue weighted by Gasteiger charge is 2.25. The number of benzene rings is 2. The zero-order chi connectivity index (χ0) is 22.1. The first-order chi connectivity index (χ1) is 15.0. The minimum Gasteiger partial charge on any atom is -0.481 e. The Morgan fingerprint density at radius 2 is 1.71 bits per heavy atom. The van der Waals surface area contributed by atoms with E-state index in [1.807, 2.05) is 54.6 Å². The van der Waals surface area contributed by atoms with Crippen molar-refractivity contribution in [2.75, 3.05) is 29.9 Å². The first-order valence-electron chi connectivity index (χ1n) is 10.4. The van der Waals surface area contributed by atoms with Gasteiger partial charge in [0.25, 0.3) is 0 Å². The summed E-state index contributed by atoms with van der Waals surface area (Å²) < 4.78 is 0. The van der Waals surface area contributed by atoms with E-state index in [9.17, 15) is 14.4 Å². The minimum absolute atomic E-state index is 0.0662. The van der Waals surface area contributed by atoms with Gasteiger partial charge in [0.1, 0.15) is 0 Å². The first kappa shape index (κ1) is 22.1. The van der Waals surface area contributed by atoms with Gasteiger partial charge in [0.2, 0.25) is 5.91 Å². The Balaban J connectivity index is 1.46. The second kappa shape index (κ2) is 11.0. The molecule has 4 N–H and O–H groups in total. The number of urea groups is 1. The molecule has 1 saturated heterocycles. The standard InChI is InChI=1S/C23H28N4O4/c28-21(29)9-12-24-22(30)18-10-13-27(14-11-18)20-8-4-7-19(15-20)26-23(31)25-16-17-5-2-1-3-6-17/h1-8,15,18H,9-14,16H2,(H,24,30)(H,28,29)(H2,25,26,31). The molecule has 0 bridgehead atoms. The van der Waals surface area contributed by atoms with Crippen molar-refractivity contribution in [1.29, 1.82) is 0 Å². The van der Waals surface area contributed by atoms with Crippen LogP contribution in [-0.4, -0.2) is 42.6 Å². The molecular weight excluding hydrogens is 396 g/mol. The van der Waals surface area contributed by atoms with Crippen LogP contribution in [0.4, 0.5) is 16.2 Å². The lowest BCUT2D eigenvalue weighted by atomic mass is 9.95. The van der Waals surface area contributed by atoms with Gasteiger partial charge in [-0.25, -0.2) is 4.79 Å². The van der Waals surface area contributed by atoms with Crippen molar-refractivity contribution >= 4 is 29.3 Å². The van der Waals surface area contributed by atoms with E-state index in [-0.39, 0.29) is 30.8 Å². The lowest BCUT2D eigenvalue weighted by molar-refractivity contribution is -0.137. The molecule has 0 unspecified atom stereocenters. The van der Waals surface area contributed by atoms with Gasteiger partial charge in [-0.1, -0.05) is 36.4 Å². The lowest BCUT2D eigenvalue weighted by Crippen LogP contribution is -2.41. The van der Waals surface area contributed by atoms with Crippen molar-refractivity contribution in [3.05, 3.63) is 60.2 Å². The van der Waals surface area contributed by atoms with Crippen molar-refractivity contribution in [2.24, 2.45) is 5.92 Å². The average molecular weight is 425 g/mol. The van der Waals surface area contributed by atoms with Gasteiger partial charge in [0.05, 0.1) is 6.42 Å². The van der Waals surface area contributed by atoms with Crippen LogP contribution in [0.1, 0.15) is 24.8 Å². The second-order valence-corrected chi connectivity index (χ2v) is 7.54. The molecule has 3 rings (SSSR count). The minimum atomic E-state index is -0.919. The summed E-state index contributed by atoms with van der Waals surface area (Å²) >= 11 is 0. The second-order valence-electron chi connectivity index (χ2n) is 7.54. The van der Waals surface area contributed by atoms with E-state index >= 15 is 0 Å². The number of anilines is 2. The highest BCUT2D eigenvalue weighted by atomic mass is 16.4. The van der Waals surface area contributed by atoms with Crippen LogP contribution < -0.4 is 20.9 Å². The Hall–Kier alpha value is -3.55. The molecule has 8 heteroatoms. The number of hydrogen-bond donors (Lipinski definition) is 4. The summed E-state index contributed by atoms with van der Waals surface area (Å²) in [5, 5.41) is 17.1. The topological polar surface area (TPSA) is 111 Å². The molecule has 8 nitrogen and oxygen atoms in total. The van der Waals surface area contributed by atoms with E-state index in [0.29, 0.717) is 25.1 Å². The van der Waals surface area contributed by atoms with Crippen LogP contribution in [0.25, 0.3) is 0 Å². The van der Waals surface area contributed by atoms with E-state index in [2.05, 4.69) is 20.9 Å². The number of aliphatic carboxylic acids is 1. The maximum Gasteiger partial charge on any atom is 0.319 e. The van der Waals surface area contributed by atoms with Crippen LogP contribution in [-0.2, 0) is 16.1 Å². The van der Waals surface area contributed by atoms with Crippen LogP contribution >= 0.6 is 0 Å². The highest BCUT2D eigenvalue weighted by Crippen LogP contribution is 2.25. The summed E-state index contributed by atoms with van der Waals surface area (Å²) in [7, 11) is 0. The summed E-state index contributed by atoms with van der Waals surface area (Å²) in [6, 6.07) is 17.1. The van der Waals surface area contributed by atoms with Crippen molar-refractivity contribution < 1.29 is 19.5 Å². The molecule has 0 aliphatic carbocycles. The predicted octanol–water partition coefficient (Wildman–Crippen LogP) is 2.82. The molecule has 1 aliphatic heterocycles. The molecule has 0 aromatic heterocycles. The normalized spacial score (nSPS) is 14.0. The number of amides is 3. The summed E-state index contributed by atoms with van der Waals surface area (Å²) in [6.07, 6.45) is 1.34. The Labute approximate surface area is 181 Å². The summed E-state index contributed by atoms with van der Waals surface area (Å²) in [6.45, 7) is 2.06. The van der Waals surface area contributed by atoms with E-state index in [0.717, 1.165) is 24.3 Å². The molecule has 2 aromatic carbocycles. The van der Waals surface area contributed by atoms with Gasteiger partial charge in [-0.05, 0) is 36.6 Å². The Kier molecular flexibility index (Phi) is 7.86. The Bertz CT molecular complexity index is 895. The molecule has 0 saturated carbocycles. The molecule has 164 valence electrons. The number of carboxylic acids is 1. The van der Waals surface area contributed by atoms with Gasteiger partial charge in [-0.3, -0.25) is 9.59 Å². The van der Waals surface area contributed by atoms with E-state index in [4.69, 9.17) is 5.11 Å². The number of carboxylic acid groups (broad SMARTS) is 1. The summed E-state index contributed by atoms with van der Waals surface area (Å²) in [5.74, 6) is -1.10. The van der Waals surface area contributed by atoms with Crippen LogP contribution in [0.3, 0.4) is 0 Å². The maximum atomic E-state index is 12.2. The number of nitrogens with zero attached hydrogens (tertiary/aromatic N) is 1. The van der Waals surface area contributed by atoms with Gasteiger partial charge in [0, 0.05) is 43.5 Å². The van der Waals surface area contributed by atoms with E-state index in [1.165, 1.54) is 0 Å². The van der Waals surface area contributed by atoms with Gasteiger partial charge in [0.15, 0.2) is 0 Å². The van der Waals surface area contributed by atoms with Crippen LogP contribution in [0.5, 0.6) is 0 Å². The van der Waals surface area contributed by atoms with Gasteiger partial charge < -0.3 is 26.0 Å². The first-order valence-corrected chi connectivity index (χ1v) is 10.4. The van der Waals surface area contributed by atoms with E-state index < -0.39 is 5.97 Å². The number of carbonyl (C=O) groups excluding carboxylic acids is 2. The quantitative estimate of drug-likeness (QED) is 0.521. The smallest absolute Gasteiger partial charge is 0.319 e. The third kappa shape index (κ3) is 7.02. The average Bonchev–Trinajstić information content (AvgIpc) is 2.78. The molecule has 31 heavy (non-hydrogen) atoms. The zero-order valence-electron chi connectivity index (χ0n) is 17.3. The number of rotatable bonds is 8. The number of piperidine rings is 1. The largest absolute Gasteiger partial charge is 0.481 e. The molecule has 0 atom stereocenters. The molecule has 1 heterocycles. The summed E-state index contributed by atoms with van der Waals surface area (Å²) in [4.78, 5) is 37.1.